The van der Waals surface area contributed by atoms with Crippen molar-refractivity contribution in [1.82, 2.24) is 4.98 Å². The van der Waals surface area contributed by atoms with Gasteiger partial charge in [0.1, 0.15) is 6.61 Å². The van der Waals surface area contributed by atoms with Gasteiger partial charge in [0.2, 0.25) is 5.75 Å². The van der Waals surface area contributed by atoms with E-state index in [1.165, 1.54) is 23.5 Å². The smallest absolute Gasteiger partial charge is 0.314 e. The lowest BCUT2D eigenvalue weighted by atomic mass is 10.3. The number of anilines is 1. The largest absolute Gasteiger partial charge is 0.479 e. The van der Waals surface area contributed by atoms with Crippen molar-refractivity contribution < 1.29 is 14.1 Å². The molecule has 1 aromatic heterocycles. The lowest BCUT2D eigenvalue weighted by Crippen LogP contribution is -2.00. The molecule has 1 heterocycles. The quantitative estimate of drug-likeness (QED) is 0.654. The molecule has 0 bridgehead atoms. The molecule has 106 valence electrons. The van der Waals surface area contributed by atoms with Crippen LogP contribution in [-0.2, 0) is 6.61 Å². The Morgan fingerprint density at radius 2 is 2.35 bits per heavy atom. The van der Waals surface area contributed by atoms with Crippen LogP contribution in [-0.4, -0.2) is 16.5 Å². The van der Waals surface area contributed by atoms with Crippen LogP contribution in [0.25, 0.3) is 0 Å². The number of nitrogens with one attached hydrogen (secondary N) is 1. The van der Waals surface area contributed by atoms with Crippen molar-refractivity contribution in [3.63, 3.8) is 0 Å². The van der Waals surface area contributed by atoms with Crippen molar-refractivity contribution in [2.45, 2.75) is 13.5 Å². The highest BCUT2D eigenvalue weighted by Gasteiger charge is 2.19. The van der Waals surface area contributed by atoms with Crippen LogP contribution >= 0.6 is 11.3 Å². The molecule has 0 radical (unpaired) electrons. The first kappa shape index (κ1) is 14.2. The molecule has 0 unspecified atom stereocenters. The Bertz CT molecular complexity index is 618. The predicted molar refractivity (Wildman–Crippen MR) is 73.7 cm³/mol. The summed E-state index contributed by atoms with van der Waals surface area (Å²) >= 11 is 1.36. The van der Waals surface area contributed by atoms with Crippen LogP contribution in [0.1, 0.15) is 11.8 Å². The molecule has 0 atom stereocenters. The number of ether oxygens (including phenoxy) is 1. The SMILES string of the molecule is CCNc1ncc(COc2c(F)cccc2[N+](=O)[O-])s1. The highest BCUT2D eigenvalue weighted by atomic mass is 32.1. The van der Waals surface area contributed by atoms with Gasteiger partial charge in [-0.15, -0.1) is 0 Å². The van der Waals surface area contributed by atoms with Gasteiger partial charge in [0.25, 0.3) is 0 Å². The van der Waals surface area contributed by atoms with Crippen LogP contribution in [0, 0.1) is 15.9 Å². The average Bonchev–Trinajstić information content (AvgIpc) is 2.85. The summed E-state index contributed by atoms with van der Waals surface area (Å²) in [4.78, 5) is 15.0. The fraction of sp³-hybridized carbons (Fsp3) is 0.250. The van der Waals surface area contributed by atoms with Crippen molar-refractivity contribution in [3.05, 3.63) is 45.2 Å². The van der Waals surface area contributed by atoms with Gasteiger partial charge in [-0.3, -0.25) is 10.1 Å². The first-order valence-electron chi connectivity index (χ1n) is 5.86. The maximum absolute atomic E-state index is 13.6. The Morgan fingerprint density at radius 1 is 1.55 bits per heavy atom. The van der Waals surface area contributed by atoms with Gasteiger partial charge in [-0.25, -0.2) is 9.37 Å². The van der Waals surface area contributed by atoms with Crippen molar-refractivity contribution in [2.24, 2.45) is 0 Å². The van der Waals surface area contributed by atoms with Gasteiger partial charge in [0.05, 0.1) is 9.80 Å². The highest BCUT2D eigenvalue weighted by Crippen LogP contribution is 2.31. The molecule has 0 saturated carbocycles. The van der Waals surface area contributed by atoms with Crippen molar-refractivity contribution in [2.75, 3.05) is 11.9 Å². The molecule has 0 aliphatic heterocycles. The van der Waals surface area contributed by atoms with E-state index in [0.29, 0.717) is 0 Å². The van der Waals surface area contributed by atoms with Gasteiger partial charge >= 0.3 is 5.69 Å². The molecule has 0 amide bonds. The topological polar surface area (TPSA) is 77.3 Å². The number of benzene rings is 1. The monoisotopic (exact) mass is 297 g/mol. The van der Waals surface area contributed by atoms with Crippen molar-refractivity contribution in [1.29, 1.82) is 0 Å². The van der Waals surface area contributed by atoms with Crippen LogP contribution < -0.4 is 10.1 Å². The second-order valence-corrected chi connectivity index (χ2v) is 4.91. The van der Waals surface area contributed by atoms with Crippen LogP contribution in [0.3, 0.4) is 0 Å². The number of nitro groups is 1. The number of rotatable bonds is 6. The third kappa shape index (κ3) is 3.21. The van der Waals surface area contributed by atoms with E-state index in [-0.39, 0.29) is 18.0 Å². The first-order chi connectivity index (χ1) is 9.61. The molecule has 0 aliphatic carbocycles. The van der Waals surface area contributed by atoms with Crippen molar-refractivity contribution >= 4 is 22.2 Å². The number of halogens is 1. The van der Waals surface area contributed by atoms with E-state index < -0.39 is 10.7 Å². The van der Waals surface area contributed by atoms with Crippen LogP contribution in [0.5, 0.6) is 5.75 Å². The third-order valence-corrected chi connectivity index (χ3v) is 3.31. The Labute approximate surface area is 118 Å². The molecule has 1 N–H and O–H groups in total. The fourth-order valence-corrected chi connectivity index (χ4v) is 2.33. The lowest BCUT2D eigenvalue weighted by Gasteiger charge is -2.05. The van der Waals surface area contributed by atoms with Gasteiger partial charge in [-0.1, -0.05) is 17.4 Å². The van der Waals surface area contributed by atoms with Crippen molar-refractivity contribution in [3.8, 4) is 5.75 Å². The zero-order valence-corrected chi connectivity index (χ0v) is 11.4. The van der Waals surface area contributed by atoms with E-state index in [4.69, 9.17) is 4.74 Å². The van der Waals surface area contributed by atoms with Crippen LogP contribution in [0.2, 0.25) is 0 Å². The number of hydrogen-bond acceptors (Lipinski definition) is 6. The number of nitrogens with zero attached hydrogens (tertiary/aromatic N) is 2. The molecule has 6 nitrogen and oxygen atoms in total. The normalized spacial score (nSPS) is 10.3. The molecule has 20 heavy (non-hydrogen) atoms. The number of thiazole rings is 1. The molecule has 0 aliphatic rings. The standard InChI is InChI=1S/C12H12FN3O3S/c1-2-14-12-15-6-8(20-12)7-19-11-9(13)4-3-5-10(11)16(17)18/h3-6H,2,7H2,1H3,(H,14,15). The zero-order valence-electron chi connectivity index (χ0n) is 10.6. The highest BCUT2D eigenvalue weighted by molar-refractivity contribution is 7.15. The minimum absolute atomic E-state index is 0.0326. The fourth-order valence-electron chi connectivity index (χ4n) is 1.53. The summed E-state index contributed by atoms with van der Waals surface area (Å²) in [6.45, 7) is 2.72. The van der Waals surface area contributed by atoms with Crippen LogP contribution in [0.15, 0.2) is 24.4 Å². The molecule has 0 saturated heterocycles. The van der Waals surface area contributed by atoms with Gasteiger partial charge in [-0.05, 0) is 13.0 Å². The molecule has 0 fully saturated rings. The molecule has 2 rings (SSSR count). The second kappa shape index (κ2) is 6.29. The van der Waals surface area contributed by atoms with Gasteiger partial charge < -0.3 is 10.1 Å². The van der Waals surface area contributed by atoms with E-state index in [2.05, 4.69) is 10.3 Å². The Kier molecular flexibility index (Phi) is 4.46. The van der Waals surface area contributed by atoms with E-state index >= 15 is 0 Å². The predicted octanol–water partition coefficient (Wildman–Crippen LogP) is 3.20. The van der Waals surface area contributed by atoms with E-state index in [0.717, 1.165) is 22.6 Å². The van der Waals surface area contributed by atoms with Crippen LogP contribution in [0.4, 0.5) is 15.2 Å². The third-order valence-electron chi connectivity index (χ3n) is 2.38. The minimum Gasteiger partial charge on any atom is -0.479 e. The Morgan fingerprint density at radius 3 is 3.05 bits per heavy atom. The summed E-state index contributed by atoms with van der Waals surface area (Å²) in [5.74, 6) is -1.11. The summed E-state index contributed by atoms with van der Waals surface area (Å²) in [7, 11) is 0. The molecule has 1 aromatic carbocycles. The summed E-state index contributed by atoms with van der Waals surface area (Å²) < 4.78 is 18.8. The summed E-state index contributed by atoms with van der Waals surface area (Å²) in [5, 5.41) is 14.6. The zero-order chi connectivity index (χ0) is 14.5. The molecule has 8 heteroatoms. The molecular weight excluding hydrogens is 285 g/mol. The number of nitro benzene ring substituents is 1. The summed E-state index contributed by atoms with van der Waals surface area (Å²) in [6, 6.07) is 3.60. The Hall–Kier alpha value is -2.22. The maximum atomic E-state index is 13.6. The van der Waals surface area contributed by atoms with E-state index in [1.807, 2.05) is 6.92 Å². The van der Waals surface area contributed by atoms with E-state index in [1.54, 1.807) is 6.20 Å². The summed E-state index contributed by atoms with van der Waals surface area (Å²) in [5.41, 5.74) is -0.388. The molecule has 2 aromatic rings. The van der Waals surface area contributed by atoms with E-state index in [9.17, 15) is 14.5 Å². The van der Waals surface area contributed by atoms with Gasteiger partial charge in [0.15, 0.2) is 10.9 Å². The maximum Gasteiger partial charge on any atom is 0.314 e. The Balaban J connectivity index is 2.12. The number of hydrogen-bond donors (Lipinski definition) is 1. The molecule has 0 spiro atoms. The number of para-hydroxylation sites is 1. The van der Waals surface area contributed by atoms with Gasteiger partial charge in [0, 0.05) is 18.8 Å². The lowest BCUT2D eigenvalue weighted by molar-refractivity contribution is -0.386. The number of aromatic nitrogens is 1. The average molecular weight is 297 g/mol. The summed E-state index contributed by atoms with van der Waals surface area (Å²) in [6.07, 6.45) is 1.59. The molecular formula is C12H12FN3O3S. The van der Waals surface area contributed by atoms with Gasteiger partial charge in [-0.2, -0.15) is 0 Å². The first-order valence-corrected chi connectivity index (χ1v) is 6.67. The second-order valence-electron chi connectivity index (χ2n) is 3.80. The minimum atomic E-state index is -0.754.